The standard InChI is InChI=1S/C10H13N3O2/c14-10(13-6-4-11-5-7-13)15-9-2-1-3-12-8-9/h1-3,8,11H,4-7H2. The van der Waals surface area contributed by atoms with Gasteiger partial charge in [-0.2, -0.15) is 0 Å². The summed E-state index contributed by atoms with van der Waals surface area (Å²) >= 11 is 0. The first-order valence-electron chi connectivity index (χ1n) is 4.94. The SMILES string of the molecule is O=C(Oc1cccnc1)N1CCNCC1. The van der Waals surface area contributed by atoms with Crippen LogP contribution in [0.1, 0.15) is 0 Å². The molecule has 5 heteroatoms. The van der Waals surface area contributed by atoms with Crippen LogP contribution in [-0.2, 0) is 0 Å². The highest BCUT2D eigenvalue weighted by atomic mass is 16.6. The van der Waals surface area contributed by atoms with Crippen LogP contribution >= 0.6 is 0 Å². The number of aromatic nitrogens is 1. The molecule has 0 aliphatic carbocycles. The smallest absolute Gasteiger partial charge is 0.409 e. The van der Waals surface area contributed by atoms with Crippen molar-refractivity contribution in [3.8, 4) is 5.75 Å². The van der Waals surface area contributed by atoms with Gasteiger partial charge in [-0.25, -0.2) is 4.79 Å². The van der Waals surface area contributed by atoms with Crippen LogP contribution in [0.4, 0.5) is 4.79 Å². The molecule has 0 spiro atoms. The molecule has 1 aliphatic heterocycles. The van der Waals surface area contributed by atoms with E-state index in [1.165, 1.54) is 6.20 Å². The summed E-state index contributed by atoms with van der Waals surface area (Å²) in [6.07, 6.45) is 2.87. The summed E-state index contributed by atoms with van der Waals surface area (Å²) in [6, 6.07) is 3.45. The van der Waals surface area contributed by atoms with E-state index in [0.29, 0.717) is 18.8 Å². The van der Waals surface area contributed by atoms with E-state index >= 15 is 0 Å². The number of amides is 1. The van der Waals surface area contributed by atoms with E-state index in [1.807, 2.05) is 0 Å². The van der Waals surface area contributed by atoms with Gasteiger partial charge in [0.05, 0.1) is 6.20 Å². The van der Waals surface area contributed by atoms with Crippen LogP contribution in [0, 0.1) is 0 Å². The van der Waals surface area contributed by atoms with Crippen molar-refractivity contribution < 1.29 is 9.53 Å². The van der Waals surface area contributed by atoms with Gasteiger partial charge in [0.15, 0.2) is 5.75 Å². The highest BCUT2D eigenvalue weighted by Crippen LogP contribution is 2.08. The molecule has 0 bridgehead atoms. The van der Waals surface area contributed by atoms with Crippen molar-refractivity contribution in [3.63, 3.8) is 0 Å². The molecule has 1 aromatic heterocycles. The third-order valence-corrected chi connectivity index (χ3v) is 2.21. The number of hydrogen-bond donors (Lipinski definition) is 1. The Balaban J connectivity index is 1.91. The number of nitrogens with one attached hydrogen (secondary N) is 1. The summed E-state index contributed by atoms with van der Waals surface area (Å²) in [7, 11) is 0. The summed E-state index contributed by atoms with van der Waals surface area (Å²) in [5.74, 6) is 0.487. The monoisotopic (exact) mass is 207 g/mol. The Kier molecular flexibility index (Phi) is 3.14. The number of pyridine rings is 1. The van der Waals surface area contributed by atoms with Gasteiger partial charge >= 0.3 is 6.09 Å². The minimum atomic E-state index is -0.301. The largest absolute Gasteiger partial charge is 0.415 e. The normalized spacial score (nSPS) is 16.1. The van der Waals surface area contributed by atoms with Crippen molar-refractivity contribution in [1.82, 2.24) is 15.2 Å². The van der Waals surface area contributed by atoms with Crippen LogP contribution in [0.2, 0.25) is 0 Å². The lowest BCUT2D eigenvalue weighted by molar-refractivity contribution is 0.145. The first-order chi connectivity index (χ1) is 7.36. The molecule has 0 saturated carbocycles. The van der Waals surface area contributed by atoms with Crippen molar-refractivity contribution in [3.05, 3.63) is 24.5 Å². The fourth-order valence-corrected chi connectivity index (χ4v) is 1.42. The van der Waals surface area contributed by atoms with Gasteiger partial charge < -0.3 is 15.0 Å². The van der Waals surface area contributed by atoms with Gasteiger partial charge in [-0.15, -0.1) is 0 Å². The van der Waals surface area contributed by atoms with E-state index in [0.717, 1.165) is 13.1 Å². The maximum Gasteiger partial charge on any atom is 0.415 e. The molecule has 1 N–H and O–H groups in total. The summed E-state index contributed by atoms with van der Waals surface area (Å²) < 4.78 is 5.15. The number of carbonyl (C=O) groups is 1. The zero-order valence-corrected chi connectivity index (χ0v) is 8.35. The van der Waals surface area contributed by atoms with Gasteiger partial charge in [-0.05, 0) is 12.1 Å². The van der Waals surface area contributed by atoms with Crippen molar-refractivity contribution in [2.75, 3.05) is 26.2 Å². The Morgan fingerprint density at radius 1 is 1.47 bits per heavy atom. The molecule has 2 heterocycles. The molecule has 1 amide bonds. The summed E-state index contributed by atoms with van der Waals surface area (Å²) in [5, 5.41) is 3.17. The third kappa shape index (κ3) is 2.66. The van der Waals surface area contributed by atoms with Crippen LogP contribution in [0.15, 0.2) is 24.5 Å². The van der Waals surface area contributed by atoms with E-state index in [2.05, 4.69) is 10.3 Å². The fourth-order valence-electron chi connectivity index (χ4n) is 1.42. The van der Waals surface area contributed by atoms with Crippen LogP contribution in [0.3, 0.4) is 0 Å². The highest BCUT2D eigenvalue weighted by molar-refractivity contribution is 5.70. The molecule has 5 nitrogen and oxygen atoms in total. The molecule has 1 saturated heterocycles. The van der Waals surface area contributed by atoms with E-state index in [4.69, 9.17) is 4.74 Å². The lowest BCUT2D eigenvalue weighted by Crippen LogP contribution is -2.47. The molecule has 1 fully saturated rings. The Bertz CT molecular complexity index is 323. The first kappa shape index (κ1) is 9.92. The molecular weight excluding hydrogens is 194 g/mol. The summed E-state index contributed by atoms with van der Waals surface area (Å²) in [5.41, 5.74) is 0. The Hall–Kier alpha value is -1.62. The van der Waals surface area contributed by atoms with E-state index in [9.17, 15) is 4.79 Å². The van der Waals surface area contributed by atoms with E-state index < -0.39 is 0 Å². The van der Waals surface area contributed by atoms with Crippen LogP contribution in [0.5, 0.6) is 5.75 Å². The quantitative estimate of drug-likeness (QED) is 0.728. The van der Waals surface area contributed by atoms with Crippen molar-refractivity contribution >= 4 is 6.09 Å². The van der Waals surface area contributed by atoms with Gasteiger partial charge in [0.25, 0.3) is 0 Å². The molecule has 2 rings (SSSR count). The topological polar surface area (TPSA) is 54.5 Å². The first-order valence-corrected chi connectivity index (χ1v) is 4.94. The fraction of sp³-hybridized carbons (Fsp3) is 0.400. The maximum absolute atomic E-state index is 11.6. The lowest BCUT2D eigenvalue weighted by atomic mass is 10.4. The average molecular weight is 207 g/mol. The Morgan fingerprint density at radius 3 is 2.93 bits per heavy atom. The van der Waals surface area contributed by atoms with Gasteiger partial charge in [0.2, 0.25) is 0 Å². The van der Waals surface area contributed by atoms with Crippen molar-refractivity contribution in [2.45, 2.75) is 0 Å². The van der Waals surface area contributed by atoms with Crippen LogP contribution in [-0.4, -0.2) is 42.2 Å². The second-order valence-corrected chi connectivity index (χ2v) is 3.29. The van der Waals surface area contributed by atoms with Gasteiger partial charge in [-0.3, -0.25) is 4.98 Å². The molecular formula is C10H13N3O2. The van der Waals surface area contributed by atoms with Crippen molar-refractivity contribution in [2.24, 2.45) is 0 Å². The number of piperazine rings is 1. The number of ether oxygens (including phenoxy) is 1. The molecule has 1 aromatic rings. The zero-order chi connectivity index (χ0) is 10.5. The second-order valence-electron chi connectivity index (χ2n) is 3.29. The average Bonchev–Trinajstić information content (AvgIpc) is 2.31. The third-order valence-electron chi connectivity index (χ3n) is 2.21. The molecule has 80 valence electrons. The number of nitrogens with zero attached hydrogens (tertiary/aromatic N) is 2. The lowest BCUT2D eigenvalue weighted by Gasteiger charge is -2.26. The Morgan fingerprint density at radius 2 is 2.27 bits per heavy atom. The van der Waals surface area contributed by atoms with Gasteiger partial charge in [0, 0.05) is 32.4 Å². The molecule has 0 unspecified atom stereocenters. The van der Waals surface area contributed by atoms with Crippen LogP contribution in [0.25, 0.3) is 0 Å². The zero-order valence-electron chi connectivity index (χ0n) is 8.35. The number of rotatable bonds is 1. The van der Waals surface area contributed by atoms with E-state index in [-0.39, 0.29) is 6.09 Å². The predicted octanol–water partition coefficient (Wildman–Crippen LogP) is 0.486. The second kappa shape index (κ2) is 4.75. The minimum absolute atomic E-state index is 0.301. The van der Waals surface area contributed by atoms with Crippen molar-refractivity contribution in [1.29, 1.82) is 0 Å². The number of carbonyl (C=O) groups excluding carboxylic acids is 1. The summed E-state index contributed by atoms with van der Waals surface area (Å²) in [4.78, 5) is 17.2. The predicted molar refractivity (Wildman–Crippen MR) is 54.7 cm³/mol. The molecule has 15 heavy (non-hydrogen) atoms. The maximum atomic E-state index is 11.6. The van der Waals surface area contributed by atoms with Crippen LogP contribution < -0.4 is 10.1 Å². The Labute approximate surface area is 88.1 Å². The highest BCUT2D eigenvalue weighted by Gasteiger charge is 2.17. The van der Waals surface area contributed by atoms with Gasteiger partial charge in [0.1, 0.15) is 0 Å². The molecule has 1 aliphatic rings. The molecule has 0 radical (unpaired) electrons. The molecule has 0 atom stereocenters. The summed E-state index contributed by atoms with van der Waals surface area (Å²) in [6.45, 7) is 3.03. The van der Waals surface area contributed by atoms with E-state index in [1.54, 1.807) is 23.2 Å². The minimum Gasteiger partial charge on any atom is -0.409 e. The number of hydrogen-bond acceptors (Lipinski definition) is 4. The van der Waals surface area contributed by atoms with Gasteiger partial charge in [-0.1, -0.05) is 0 Å². The molecule has 0 aromatic carbocycles.